The molecule has 2 fully saturated rings. The van der Waals surface area contributed by atoms with E-state index in [4.69, 9.17) is 4.52 Å². The first kappa shape index (κ1) is 20.7. The van der Waals surface area contributed by atoms with Gasteiger partial charge in [0, 0.05) is 62.8 Å². The zero-order valence-electron chi connectivity index (χ0n) is 18.3. The molecule has 2 aromatic heterocycles. The summed E-state index contributed by atoms with van der Waals surface area (Å²) < 4.78 is 5.43. The number of nitrogens with zero attached hydrogens (tertiary/aromatic N) is 5. The van der Waals surface area contributed by atoms with E-state index in [2.05, 4.69) is 27.1 Å². The zero-order chi connectivity index (χ0) is 22.1. The van der Waals surface area contributed by atoms with Crippen molar-refractivity contribution in [1.29, 1.82) is 0 Å². The van der Waals surface area contributed by atoms with E-state index in [0.717, 1.165) is 49.9 Å². The van der Waals surface area contributed by atoms with Crippen LogP contribution in [0.1, 0.15) is 47.4 Å². The second-order valence-corrected chi connectivity index (χ2v) is 8.67. The van der Waals surface area contributed by atoms with E-state index in [1.54, 1.807) is 0 Å². The van der Waals surface area contributed by atoms with Gasteiger partial charge in [0.05, 0.1) is 6.04 Å². The van der Waals surface area contributed by atoms with Crippen LogP contribution in [0.5, 0.6) is 0 Å². The average Bonchev–Trinajstić information content (AvgIpc) is 3.57. The number of fused-ring (bicyclic) bond motifs is 1. The van der Waals surface area contributed by atoms with E-state index in [9.17, 15) is 9.59 Å². The van der Waals surface area contributed by atoms with Crippen LogP contribution in [0.15, 0.2) is 35.0 Å². The van der Waals surface area contributed by atoms with E-state index in [1.807, 2.05) is 40.3 Å². The number of rotatable bonds is 5. The number of piperazine rings is 1. The fourth-order valence-electron chi connectivity index (χ4n) is 4.56. The number of aryl methyl sites for hydroxylation is 1. The molecule has 4 heterocycles. The van der Waals surface area contributed by atoms with Gasteiger partial charge >= 0.3 is 0 Å². The summed E-state index contributed by atoms with van der Waals surface area (Å²) in [6.45, 7) is 3.99. The van der Waals surface area contributed by atoms with Crippen LogP contribution in [0.25, 0.3) is 10.9 Å². The van der Waals surface area contributed by atoms with Gasteiger partial charge in [0.25, 0.3) is 5.91 Å². The van der Waals surface area contributed by atoms with Crippen molar-refractivity contribution in [3.8, 4) is 0 Å². The van der Waals surface area contributed by atoms with Crippen LogP contribution in [-0.2, 0) is 11.2 Å². The first-order valence-corrected chi connectivity index (χ1v) is 11.3. The molecule has 9 nitrogen and oxygen atoms in total. The molecule has 9 heteroatoms. The molecule has 0 aliphatic carbocycles. The maximum Gasteiger partial charge on any atom is 0.254 e. The van der Waals surface area contributed by atoms with E-state index < -0.39 is 0 Å². The Labute approximate surface area is 186 Å². The molecule has 0 spiro atoms. The van der Waals surface area contributed by atoms with Crippen molar-refractivity contribution in [2.45, 2.75) is 31.7 Å². The first-order chi connectivity index (χ1) is 15.6. The third-order valence-electron chi connectivity index (χ3n) is 6.51. The summed E-state index contributed by atoms with van der Waals surface area (Å²) in [6, 6.07) is 7.48. The number of likely N-dealkylation sites (N-methyl/N-ethyl adjacent to an activating group) is 1. The zero-order valence-corrected chi connectivity index (χ0v) is 18.3. The number of benzene rings is 1. The van der Waals surface area contributed by atoms with Crippen LogP contribution in [0.2, 0.25) is 0 Å². The normalized spacial score (nSPS) is 19.7. The molecule has 2 aliphatic rings. The number of amides is 2. The molecule has 3 aromatic rings. The SMILES string of the molecule is CN1CCN(C(=O)CCc2nc(C3CCCN3C(=O)c3ccc4cc[nH]c4c3)no2)CC1. The molecule has 32 heavy (non-hydrogen) atoms. The third kappa shape index (κ3) is 4.12. The van der Waals surface area contributed by atoms with Gasteiger partial charge in [0.2, 0.25) is 11.8 Å². The van der Waals surface area contributed by atoms with Crippen molar-refractivity contribution in [2.75, 3.05) is 39.8 Å². The van der Waals surface area contributed by atoms with Gasteiger partial charge in [-0.15, -0.1) is 0 Å². The quantitative estimate of drug-likeness (QED) is 0.659. The largest absolute Gasteiger partial charge is 0.361 e. The lowest BCUT2D eigenvalue weighted by Gasteiger charge is -2.32. The highest BCUT2D eigenvalue weighted by atomic mass is 16.5. The molecule has 1 atom stereocenters. The number of hydrogen-bond acceptors (Lipinski definition) is 6. The van der Waals surface area contributed by atoms with Gasteiger partial charge in [-0.1, -0.05) is 11.2 Å². The molecule has 1 unspecified atom stereocenters. The highest BCUT2D eigenvalue weighted by Crippen LogP contribution is 2.32. The minimum atomic E-state index is -0.201. The number of H-pyrrole nitrogens is 1. The van der Waals surface area contributed by atoms with Crippen LogP contribution in [0.3, 0.4) is 0 Å². The Kier molecular flexibility index (Phi) is 5.65. The first-order valence-electron chi connectivity index (χ1n) is 11.3. The summed E-state index contributed by atoms with van der Waals surface area (Å²) in [5.74, 6) is 1.07. The molecule has 0 saturated carbocycles. The highest BCUT2D eigenvalue weighted by molar-refractivity contribution is 5.98. The Balaban J connectivity index is 1.22. The minimum Gasteiger partial charge on any atom is -0.361 e. The van der Waals surface area contributed by atoms with Crippen molar-refractivity contribution in [2.24, 2.45) is 0 Å². The summed E-state index contributed by atoms with van der Waals surface area (Å²) >= 11 is 0. The van der Waals surface area contributed by atoms with Gasteiger partial charge in [-0.2, -0.15) is 4.98 Å². The van der Waals surface area contributed by atoms with E-state index in [0.29, 0.717) is 36.7 Å². The Morgan fingerprint density at radius 3 is 2.84 bits per heavy atom. The van der Waals surface area contributed by atoms with Crippen LogP contribution in [-0.4, -0.2) is 81.4 Å². The molecule has 0 bridgehead atoms. The molecule has 2 aliphatic heterocycles. The van der Waals surface area contributed by atoms with Crippen molar-refractivity contribution >= 4 is 22.7 Å². The highest BCUT2D eigenvalue weighted by Gasteiger charge is 2.34. The van der Waals surface area contributed by atoms with Crippen LogP contribution >= 0.6 is 0 Å². The monoisotopic (exact) mass is 436 g/mol. The fourth-order valence-corrected chi connectivity index (χ4v) is 4.56. The van der Waals surface area contributed by atoms with Crippen molar-refractivity contribution in [1.82, 2.24) is 29.8 Å². The maximum atomic E-state index is 13.2. The lowest BCUT2D eigenvalue weighted by Crippen LogP contribution is -2.47. The lowest BCUT2D eigenvalue weighted by atomic mass is 10.1. The second-order valence-electron chi connectivity index (χ2n) is 8.67. The molecule has 1 aromatic carbocycles. The fraction of sp³-hybridized carbons (Fsp3) is 0.478. The Morgan fingerprint density at radius 1 is 1.16 bits per heavy atom. The molecule has 5 rings (SSSR count). The predicted octanol–water partition coefficient (Wildman–Crippen LogP) is 2.23. The van der Waals surface area contributed by atoms with Gasteiger partial charge < -0.3 is 24.2 Å². The number of nitrogens with one attached hydrogen (secondary N) is 1. The number of likely N-dealkylation sites (tertiary alicyclic amines) is 1. The Morgan fingerprint density at radius 2 is 2.00 bits per heavy atom. The number of aromatic nitrogens is 3. The number of hydrogen-bond donors (Lipinski definition) is 1. The van der Waals surface area contributed by atoms with Gasteiger partial charge in [-0.25, -0.2) is 0 Å². The topological polar surface area (TPSA) is 98.6 Å². The third-order valence-corrected chi connectivity index (χ3v) is 6.51. The standard InChI is InChI=1S/C23H28N6O3/c1-27-11-13-28(14-12-27)21(30)7-6-20-25-22(26-32-20)19-3-2-10-29(19)23(31)17-5-4-16-8-9-24-18(16)15-17/h4-5,8-9,15,19,24H,2-3,6-7,10-14H2,1H3. The maximum absolute atomic E-state index is 13.2. The molecule has 0 radical (unpaired) electrons. The van der Waals surface area contributed by atoms with Gasteiger partial charge in [0.1, 0.15) is 0 Å². The number of carbonyl (C=O) groups is 2. The van der Waals surface area contributed by atoms with Gasteiger partial charge in [0.15, 0.2) is 5.82 Å². The van der Waals surface area contributed by atoms with E-state index in [-0.39, 0.29) is 17.9 Å². The molecule has 168 valence electrons. The predicted molar refractivity (Wildman–Crippen MR) is 118 cm³/mol. The minimum absolute atomic E-state index is 0.0272. The van der Waals surface area contributed by atoms with Crippen LogP contribution in [0, 0.1) is 0 Å². The van der Waals surface area contributed by atoms with Gasteiger partial charge in [-0.3, -0.25) is 9.59 Å². The lowest BCUT2D eigenvalue weighted by molar-refractivity contribution is -0.132. The number of carbonyl (C=O) groups excluding carboxylic acids is 2. The van der Waals surface area contributed by atoms with Crippen molar-refractivity contribution in [3.05, 3.63) is 47.7 Å². The molecular weight excluding hydrogens is 408 g/mol. The average molecular weight is 437 g/mol. The summed E-state index contributed by atoms with van der Waals surface area (Å²) in [7, 11) is 2.07. The van der Waals surface area contributed by atoms with Gasteiger partial charge in [-0.05, 0) is 43.5 Å². The molecule has 2 saturated heterocycles. The summed E-state index contributed by atoms with van der Waals surface area (Å²) in [5.41, 5.74) is 1.59. The molecule has 1 N–H and O–H groups in total. The number of aromatic amines is 1. The summed E-state index contributed by atoms with van der Waals surface area (Å²) in [4.78, 5) is 39.3. The second kappa shape index (κ2) is 8.74. The van der Waals surface area contributed by atoms with Crippen LogP contribution in [0.4, 0.5) is 0 Å². The smallest absolute Gasteiger partial charge is 0.254 e. The molecular formula is C23H28N6O3. The van der Waals surface area contributed by atoms with E-state index >= 15 is 0 Å². The Bertz CT molecular complexity index is 1110. The summed E-state index contributed by atoms with van der Waals surface area (Å²) in [5, 5.41) is 5.23. The van der Waals surface area contributed by atoms with E-state index in [1.165, 1.54) is 0 Å². The summed E-state index contributed by atoms with van der Waals surface area (Å²) in [6.07, 6.45) is 4.34. The molecule has 2 amide bonds. The van der Waals surface area contributed by atoms with Crippen LogP contribution < -0.4 is 0 Å². The van der Waals surface area contributed by atoms with Crippen molar-refractivity contribution in [3.63, 3.8) is 0 Å². The Hall–Kier alpha value is -3.20. The van der Waals surface area contributed by atoms with Crippen molar-refractivity contribution < 1.29 is 14.1 Å².